The molecule has 5 nitrogen and oxygen atoms in total. The third kappa shape index (κ3) is 3.11. The van der Waals surface area contributed by atoms with Gasteiger partial charge >= 0.3 is 5.97 Å². The van der Waals surface area contributed by atoms with Crippen molar-refractivity contribution in [2.45, 2.75) is 17.7 Å². The Balaban J connectivity index is 2.06. The van der Waals surface area contributed by atoms with E-state index >= 15 is 0 Å². The van der Waals surface area contributed by atoms with Gasteiger partial charge in [-0.3, -0.25) is 9.00 Å². The maximum absolute atomic E-state index is 11.9. The van der Waals surface area contributed by atoms with Crippen molar-refractivity contribution < 1.29 is 13.7 Å². The SMILES string of the molecule is CCCOC(=O)CS(=O)c1nc2cccnc2s1. The zero-order valence-electron chi connectivity index (χ0n) is 9.79. The first-order valence-electron chi connectivity index (χ1n) is 5.46. The van der Waals surface area contributed by atoms with Crippen molar-refractivity contribution in [3.63, 3.8) is 0 Å². The third-order valence-electron chi connectivity index (χ3n) is 2.06. The van der Waals surface area contributed by atoms with E-state index in [9.17, 15) is 9.00 Å². The topological polar surface area (TPSA) is 69.2 Å². The van der Waals surface area contributed by atoms with Gasteiger partial charge in [-0.1, -0.05) is 18.3 Å². The van der Waals surface area contributed by atoms with Gasteiger partial charge in [-0.15, -0.1) is 0 Å². The molecule has 0 aliphatic carbocycles. The summed E-state index contributed by atoms with van der Waals surface area (Å²) in [6.45, 7) is 2.26. The molecule has 7 heteroatoms. The fourth-order valence-electron chi connectivity index (χ4n) is 1.27. The van der Waals surface area contributed by atoms with Crippen LogP contribution in [0.3, 0.4) is 0 Å². The second kappa shape index (κ2) is 6.01. The monoisotopic (exact) mass is 284 g/mol. The molecule has 0 aliphatic heterocycles. The summed E-state index contributed by atoms with van der Waals surface area (Å²) in [7, 11) is -1.46. The molecular formula is C11H12N2O3S2. The molecule has 0 radical (unpaired) electrons. The van der Waals surface area contributed by atoms with Crippen LogP contribution in [0.5, 0.6) is 0 Å². The molecule has 2 heterocycles. The van der Waals surface area contributed by atoms with Gasteiger partial charge in [0.05, 0.1) is 17.4 Å². The number of fused-ring (bicyclic) bond motifs is 1. The lowest BCUT2D eigenvalue weighted by Gasteiger charge is -2.00. The maximum Gasteiger partial charge on any atom is 0.319 e. The van der Waals surface area contributed by atoms with E-state index in [1.165, 1.54) is 11.3 Å². The first kappa shape index (κ1) is 13.1. The van der Waals surface area contributed by atoms with E-state index in [4.69, 9.17) is 4.74 Å². The number of thiazole rings is 1. The largest absolute Gasteiger partial charge is 0.465 e. The van der Waals surface area contributed by atoms with Gasteiger partial charge in [0.25, 0.3) is 0 Å². The van der Waals surface area contributed by atoms with Crippen molar-refractivity contribution in [3.05, 3.63) is 18.3 Å². The van der Waals surface area contributed by atoms with Gasteiger partial charge in [0, 0.05) is 6.20 Å². The molecule has 0 amide bonds. The number of hydrogen-bond donors (Lipinski definition) is 0. The van der Waals surface area contributed by atoms with Gasteiger partial charge in [-0.2, -0.15) is 0 Å². The third-order valence-corrected chi connectivity index (χ3v) is 4.62. The lowest BCUT2D eigenvalue weighted by molar-refractivity contribution is -0.140. The number of carbonyl (C=O) groups is 1. The van der Waals surface area contributed by atoms with Crippen molar-refractivity contribution in [2.75, 3.05) is 12.4 Å². The summed E-state index contributed by atoms with van der Waals surface area (Å²) < 4.78 is 17.2. The van der Waals surface area contributed by atoms with Crippen LogP contribution < -0.4 is 0 Å². The van der Waals surface area contributed by atoms with Gasteiger partial charge in [-0.25, -0.2) is 9.97 Å². The minimum absolute atomic E-state index is 0.153. The lowest BCUT2D eigenvalue weighted by Crippen LogP contribution is -2.14. The van der Waals surface area contributed by atoms with Gasteiger partial charge < -0.3 is 4.74 Å². The molecule has 1 unspecified atom stereocenters. The lowest BCUT2D eigenvalue weighted by atomic mass is 10.5. The molecule has 0 N–H and O–H groups in total. The van der Waals surface area contributed by atoms with Crippen LogP contribution in [0.4, 0.5) is 0 Å². The van der Waals surface area contributed by atoms with E-state index in [-0.39, 0.29) is 5.75 Å². The Morgan fingerprint density at radius 2 is 2.39 bits per heavy atom. The molecule has 2 aromatic heterocycles. The van der Waals surface area contributed by atoms with E-state index in [0.717, 1.165) is 11.3 Å². The first-order chi connectivity index (χ1) is 8.70. The predicted molar refractivity (Wildman–Crippen MR) is 69.9 cm³/mol. The molecule has 0 saturated heterocycles. The van der Waals surface area contributed by atoms with Gasteiger partial charge in [0.2, 0.25) is 0 Å². The summed E-state index contributed by atoms with van der Waals surface area (Å²) in [5, 5.41) is 0. The number of carbonyl (C=O) groups excluding carboxylic acids is 1. The second-order valence-electron chi connectivity index (χ2n) is 3.52. The fraction of sp³-hybridized carbons (Fsp3) is 0.364. The zero-order chi connectivity index (χ0) is 13.0. The van der Waals surface area contributed by atoms with Crippen molar-refractivity contribution in [2.24, 2.45) is 0 Å². The van der Waals surface area contributed by atoms with Crippen LogP contribution in [0.15, 0.2) is 22.7 Å². The highest BCUT2D eigenvalue weighted by molar-refractivity contribution is 7.88. The summed E-state index contributed by atoms with van der Waals surface area (Å²) in [5.74, 6) is -0.609. The molecule has 0 fully saturated rings. The molecule has 2 rings (SSSR count). The number of rotatable bonds is 5. The Hall–Kier alpha value is -1.34. The Bertz CT molecular complexity index is 549. The molecule has 0 aromatic carbocycles. The van der Waals surface area contributed by atoms with Crippen LogP contribution in [0.1, 0.15) is 13.3 Å². The van der Waals surface area contributed by atoms with Crippen LogP contribution in [0.25, 0.3) is 10.3 Å². The molecule has 0 saturated carbocycles. The predicted octanol–water partition coefficient (Wildman–Crippen LogP) is 1.75. The number of ether oxygens (including phenoxy) is 1. The smallest absolute Gasteiger partial charge is 0.319 e. The van der Waals surface area contributed by atoms with Crippen LogP contribution >= 0.6 is 11.3 Å². The number of pyridine rings is 1. The summed E-state index contributed by atoms with van der Waals surface area (Å²) >= 11 is 1.24. The average molecular weight is 284 g/mol. The van der Waals surface area contributed by atoms with E-state index in [1.807, 2.05) is 6.92 Å². The molecular weight excluding hydrogens is 272 g/mol. The van der Waals surface area contributed by atoms with E-state index in [0.29, 0.717) is 16.5 Å². The molecule has 0 bridgehead atoms. The van der Waals surface area contributed by atoms with Crippen LogP contribution in [-0.2, 0) is 20.3 Å². The van der Waals surface area contributed by atoms with E-state index < -0.39 is 16.8 Å². The summed E-state index contributed by atoms with van der Waals surface area (Å²) in [6.07, 6.45) is 2.41. The van der Waals surface area contributed by atoms with E-state index in [1.54, 1.807) is 18.3 Å². The number of nitrogens with zero attached hydrogens (tertiary/aromatic N) is 2. The fourth-order valence-corrected chi connectivity index (χ4v) is 3.32. The Morgan fingerprint density at radius 1 is 1.56 bits per heavy atom. The quantitative estimate of drug-likeness (QED) is 0.782. The van der Waals surface area contributed by atoms with Crippen LogP contribution in [-0.4, -0.2) is 32.5 Å². The highest BCUT2D eigenvalue weighted by Gasteiger charge is 2.15. The average Bonchev–Trinajstić information content (AvgIpc) is 2.80. The maximum atomic E-state index is 11.9. The molecule has 18 heavy (non-hydrogen) atoms. The standard InChI is InChI=1S/C11H12N2O3S2/c1-2-6-16-9(14)7-18(15)11-13-8-4-3-5-12-10(8)17-11/h3-5H,2,6-7H2,1H3. The van der Waals surface area contributed by atoms with Crippen molar-refractivity contribution in [3.8, 4) is 0 Å². The number of esters is 1. The van der Waals surface area contributed by atoms with E-state index in [2.05, 4.69) is 9.97 Å². The van der Waals surface area contributed by atoms with Crippen molar-refractivity contribution in [1.29, 1.82) is 0 Å². The summed E-state index contributed by atoms with van der Waals surface area (Å²) in [5.41, 5.74) is 0.702. The Kier molecular flexibility index (Phi) is 4.38. The van der Waals surface area contributed by atoms with Crippen LogP contribution in [0, 0.1) is 0 Å². The van der Waals surface area contributed by atoms with Gasteiger partial charge in [0.1, 0.15) is 16.1 Å². The first-order valence-corrected chi connectivity index (χ1v) is 7.60. The molecule has 2 aromatic rings. The summed E-state index contributed by atoms with van der Waals surface area (Å²) in [4.78, 5) is 20.4. The number of aromatic nitrogens is 2. The van der Waals surface area contributed by atoms with Crippen molar-refractivity contribution in [1.82, 2.24) is 9.97 Å². The minimum atomic E-state index is -1.46. The highest BCUT2D eigenvalue weighted by atomic mass is 32.2. The second-order valence-corrected chi connectivity index (χ2v) is 6.12. The minimum Gasteiger partial charge on any atom is -0.465 e. The highest BCUT2D eigenvalue weighted by Crippen LogP contribution is 2.22. The molecule has 1 atom stereocenters. The molecule has 0 spiro atoms. The zero-order valence-corrected chi connectivity index (χ0v) is 11.4. The summed E-state index contributed by atoms with van der Waals surface area (Å²) in [6, 6.07) is 3.57. The number of hydrogen-bond acceptors (Lipinski definition) is 6. The van der Waals surface area contributed by atoms with Gasteiger partial charge in [-0.05, 0) is 18.6 Å². The molecule has 0 aliphatic rings. The Labute approximate surface area is 111 Å². The Morgan fingerprint density at radius 3 is 3.11 bits per heavy atom. The van der Waals surface area contributed by atoms with Gasteiger partial charge in [0.15, 0.2) is 4.34 Å². The normalized spacial score (nSPS) is 12.5. The van der Waals surface area contributed by atoms with Crippen LogP contribution in [0.2, 0.25) is 0 Å². The van der Waals surface area contributed by atoms with Crippen molar-refractivity contribution >= 4 is 38.5 Å². The molecule has 96 valence electrons.